The van der Waals surface area contributed by atoms with Crippen LogP contribution in [0.15, 0.2) is 47.5 Å². The van der Waals surface area contributed by atoms with Gasteiger partial charge in [-0.15, -0.1) is 24.0 Å². The van der Waals surface area contributed by atoms with Crippen LogP contribution in [0.4, 0.5) is 5.69 Å². The van der Waals surface area contributed by atoms with Crippen molar-refractivity contribution in [2.45, 2.75) is 25.8 Å². The average Bonchev–Trinajstić information content (AvgIpc) is 3.48. The van der Waals surface area contributed by atoms with Crippen molar-refractivity contribution in [3.63, 3.8) is 0 Å². The molecule has 2 fully saturated rings. The Labute approximate surface area is 207 Å². The lowest BCUT2D eigenvalue weighted by atomic mass is 9.85. The van der Waals surface area contributed by atoms with Crippen molar-refractivity contribution in [1.82, 2.24) is 15.5 Å². The van der Waals surface area contributed by atoms with Crippen LogP contribution in [0.1, 0.15) is 19.8 Å². The van der Waals surface area contributed by atoms with E-state index in [0.29, 0.717) is 19.5 Å². The van der Waals surface area contributed by atoms with E-state index in [9.17, 15) is 9.59 Å². The molecular weight excluding hydrogens is 517 g/mol. The number of anilines is 1. The summed E-state index contributed by atoms with van der Waals surface area (Å²) in [7, 11) is 3.83. The topological polar surface area (TPSA) is 77.0 Å². The molecule has 0 radical (unpaired) electrons. The molecule has 0 aromatic heterocycles. The number of hydrogen-bond donors (Lipinski definition) is 2. The van der Waals surface area contributed by atoms with Gasteiger partial charge in [-0.05, 0) is 43.7 Å². The van der Waals surface area contributed by atoms with E-state index < -0.39 is 0 Å². The molecule has 2 aliphatic carbocycles. The SMILES string of the molecule is CN=C(NCCCN1C(=O)C2C3C=CC(C3)C2C1=O)NCC(C)N(C)c1ccccc1.I. The fourth-order valence-corrected chi connectivity index (χ4v) is 5.15. The van der Waals surface area contributed by atoms with Crippen LogP contribution >= 0.6 is 24.0 Å². The Balaban J connectivity index is 0.00000289. The highest BCUT2D eigenvalue weighted by molar-refractivity contribution is 14.0. The first kappa shape index (κ1) is 24.5. The zero-order valence-electron chi connectivity index (χ0n) is 19.0. The van der Waals surface area contributed by atoms with E-state index in [2.05, 4.69) is 58.8 Å². The molecule has 1 saturated carbocycles. The van der Waals surface area contributed by atoms with Gasteiger partial charge in [-0.25, -0.2) is 0 Å². The van der Waals surface area contributed by atoms with Crippen molar-refractivity contribution in [2.24, 2.45) is 28.7 Å². The van der Waals surface area contributed by atoms with Crippen LogP contribution in [0.5, 0.6) is 0 Å². The summed E-state index contributed by atoms with van der Waals surface area (Å²) in [5.74, 6) is 1.13. The van der Waals surface area contributed by atoms with Gasteiger partial charge in [0.25, 0.3) is 0 Å². The van der Waals surface area contributed by atoms with Gasteiger partial charge in [-0.2, -0.15) is 0 Å². The Bertz CT molecular complexity index is 844. The monoisotopic (exact) mass is 551 g/mol. The third-order valence-electron chi connectivity index (χ3n) is 7.03. The van der Waals surface area contributed by atoms with Crippen LogP contribution < -0.4 is 15.5 Å². The van der Waals surface area contributed by atoms with Crippen LogP contribution in [0, 0.1) is 23.7 Å². The maximum Gasteiger partial charge on any atom is 0.233 e. The van der Waals surface area contributed by atoms with Gasteiger partial charge in [0.15, 0.2) is 5.96 Å². The molecule has 1 aromatic rings. The summed E-state index contributed by atoms with van der Waals surface area (Å²) in [4.78, 5) is 33.5. The molecule has 1 aromatic carbocycles. The van der Waals surface area contributed by atoms with Crippen LogP contribution in [0.2, 0.25) is 0 Å². The third kappa shape index (κ3) is 4.79. The number of nitrogens with zero attached hydrogens (tertiary/aromatic N) is 3. The van der Waals surface area contributed by atoms with Gasteiger partial charge in [0.2, 0.25) is 11.8 Å². The number of carbonyl (C=O) groups is 2. The molecule has 3 aliphatic rings. The fourth-order valence-electron chi connectivity index (χ4n) is 5.15. The molecule has 8 heteroatoms. The van der Waals surface area contributed by atoms with Crippen molar-refractivity contribution >= 4 is 47.4 Å². The second kappa shape index (κ2) is 10.7. The molecule has 1 heterocycles. The second-order valence-electron chi connectivity index (χ2n) is 8.86. The summed E-state index contributed by atoms with van der Waals surface area (Å²) in [5.41, 5.74) is 1.17. The normalized spacial score (nSPS) is 26.7. The lowest BCUT2D eigenvalue weighted by Gasteiger charge is -2.28. The maximum absolute atomic E-state index is 12.7. The first-order valence-corrected chi connectivity index (χ1v) is 11.3. The van der Waals surface area contributed by atoms with Gasteiger partial charge < -0.3 is 15.5 Å². The zero-order chi connectivity index (χ0) is 22.0. The number of para-hydroxylation sites is 1. The van der Waals surface area contributed by atoms with E-state index in [4.69, 9.17) is 0 Å². The minimum absolute atomic E-state index is 0. The molecule has 174 valence electrons. The average molecular weight is 551 g/mol. The molecule has 0 spiro atoms. The standard InChI is InChI=1S/C24H33N5O2.HI/c1-16(28(3)19-8-5-4-6-9-19)15-27-24(25-2)26-12-7-13-29-22(30)20-17-10-11-18(14-17)21(20)23(29)31;/h4-6,8-11,16-18,20-21H,7,12-15H2,1-3H3,(H2,25,26,27);1H. The van der Waals surface area contributed by atoms with Gasteiger partial charge in [-0.3, -0.25) is 19.5 Å². The van der Waals surface area contributed by atoms with Crippen LogP contribution in [0.25, 0.3) is 0 Å². The van der Waals surface area contributed by atoms with Gasteiger partial charge in [0.05, 0.1) is 11.8 Å². The Kier molecular flexibility index (Phi) is 8.19. The highest BCUT2D eigenvalue weighted by Gasteiger charge is 2.58. The minimum Gasteiger partial charge on any atom is -0.370 e. The molecule has 1 aliphatic heterocycles. The Morgan fingerprint density at radius 2 is 1.75 bits per heavy atom. The highest BCUT2D eigenvalue weighted by atomic mass is 127. The largest absolute Gasteiger partial charge is 0.370 e. The van der Waals surface area contributed by atoms with E-state index in [1.165, 1.54) is 10.6 Å². The molecule has 2 amide bonds. The molecule has 2 bridgehead atoms. The van der Waals surface area contributed by atoms with Crippen LogP contribution in [-0.2, 0) is 9.59 Å². The molecule has 7 nitrogen and oxygen atoms in total. The molecule has 2 N–H and O–H groups in total. The molecule has 5 unspecified atom stereocenters. The number of likely N-dealkylation sites (tertiary alicyclic amines) is 1. The van der Waals surface area contributed by atoms with E-state index >= 15 is 0 Å². The zero-order valence-corrected chi connectivity index (χ0v) is 21.4. The molecular formula is C24H34IN5O2. The summed E-state index contributed by atoms with van der Waals surface area (Å²) < 4.78 is 0. The number of nitrogens with one attached hydrogen (secondary N) is 2. The van der Waals surface area contributed by atoms with E-state index in [1.54, 1.807) is 7.05 Å². The number of likely N-dealkylation sites (N-methyl/N-ethyl adjacent to an activating group) is 1. The molecule has 5 atom stereocenters. The summed E-state index contributed by atoms with van der Waals surface area (Å²) in [6.07, 6.45) is 5.95. The number of halogens is 1. The summed E-state index contributed by atoms with van der Waals surface area (Å²) >= 11 is 0. The number of aliphatic imine (C=N–C) groups is 1. The van der Waals surface area contributed by atoms with Crippen molar-refractivity contribution in [3.05, 3.63) is 42.5 Å². The number of hydrogen-bond acceptors (Lipinski definition) is 4. The molecule has 1 saturated heterocycles. The minimum atomic E-state index is -0.104. The first-order valence-electron chi connectivity index (χ1n) is 11.3. The van der Waals surface area contributed by atoms with Gasteiger partial charge in [0.1, 0.15) is 0 Å². The van der Waals surface area contributed by atoms with E-state index in [1.807, 2.05) is 18.2 Å². The van der Waals surface area contributed by atoms with Gasteiger partial charge in [-0.1, -0.05) is 30.4 Å². The fraction of sp³-hybridized carbons (Fsp3) is 0.542. The van der Waals surface area contributed by atoms with Gasteiger partial charge >= 0.3 is 0 Å². The maximum atomic E-state index is 12.7. The predicted molar refractivity (Wildman–Crippen MR) is 138 cm³/mol. The Morgan fingerprint density at radius 3 is 2.34 bits per heavy atom. The number of guanidine groups is 1. The summed E-state index contributed by atoms with van der Waals surface area (Å²) in [6, 6.07) is 10.6. The Hall–Kier alpha value is -2.10. The number of imide groups is 1. The van der Waals surface area contributed by atoms with Crippen molar-refractivity contribution < 1.29 is 9.59 Å². The summed E-state index contributed by atoms with van der Waals surface area (Å²) in [6.45, 7) is 4.03. The number of rotatable bonds is 8. The lowest BCUT2D eigenvalue weighted by molar-refractivity contribution is -0.140. The number of fused-ring (bicyclic) bond motifs is 5. The molecule has 4 rings (SSSR count). The quantitative estimate of drug-likeness (QED) is 0.130. The van der Waals surface area contributed by atoms with E-state index in [0.717, 1.165) is 18.9 Å². The van der Waals surface area contributed by atoms with Gasteiger partial charge in [0, 0.05) is 45.5 Å². The van der Waals surface area contributed by atoms with Crippen molar-refractivity contribution in [2.75, 3.05) is 38.6 Å². The first-order chi connectivity index (χ1) is 15.0. The predicted octanol–water partition coefficient (Wildman–Crippen LogP) is 2.49. The van der Waals surface area contributed by atoms with E-state index in [-0.39, 0.29) is 65.5 Å². The third-order valence-corrected chi connectivity index (χ3v) is 7.03. The number of allylic oxidation sites excluding steroid dienone is 2. The number of carbonyl (C=O) groups excluding carboxylic acids is 2. The van der Waals surface area contributed by atoms with Crippen molar-refractivity contribution in [3.8, 4) is 0 Å². The van der Waals surface area contributed by atoms with Crippen molar-refractivity contribution in [1.29, 1.82) is 0 Å². The van der Waals surface area contributed by atoms with Crippen LogP contribution in [0.3, 0.4) is 0 Å². The molecule has 32 heavy (non-hydrogen) atoms. The smallest absolute Gasteiger partial charge is 0.233 e. The summed E-state index contributed by atoms with van der Waals surface area (Å²) in [5, 5.41) is 6.66. The number of amides is 2. The highest BCUT2D eigenvalue weighted by Crippen LogP contribution is 2.52. The second-order valence-corrected chi connectivity index (χ2v) is 8.86. The lowest BCUT2D eigenvalue weighted by Crippen LogP contribution is -2.45. The Morgan fingerprint density at radius 1 is 1.12 bits per heavy atom. The van der Waals surface area contributed by atoms with Crippen LogP contribution in [-0.4, -0.2) is 62.4 Å². The number of benzene rings is 1.